The van der Waals surface area contributed by atoms with E-state index in [4.69, 9.17) is 0 Å². The van der Waals surface area contributed by atoms with E-state index in [2.05, 4.69) is 0 Å². The van der Waals surface area contributed by atoms with Gasteiger partial charge in [-0.2, -0.15) is 0 Å². The Morgan fingerprint density at radius 2 is 0.882 bits per heavy atom. The molecule has 0 atom stereocenters. The van der Waals surface area contributed by atoms with Crippen LogP contribution in [0, 0.1) is 0 Å². The molecule has 0 nitrogen and oxygen atoms in total. The van der Waals surface area contributed by atoms with Crippen LogP contribution in [0.25, 0.3) is 0 Å². The van der Waals surface area contributed by atoms with E-state index in [0.29, 0.717) is 0 Å². The van der Waals surface area contributed by atoms with Gasteiger partial charge in [0.05, 0.1) is 0 Å². The van der Waals surface area contributed by atoms with Crippen molar-refractivity contribution in [1.29, 1.82) is 0 Å². The average Bonchev–Trinajstić information content (AvgIpc) is 2.41. The average molecular weight is 466 g/mol. The zero-order valence-corrected chi connectivity index (χ0v) is 16.1. The molecule has 0 aromatic heterocycles. The maximum atomic E-state index is 1.74. The van der Waals surface area contributed by atoms with Crippen LogP contribution in [-0.2, 0) is 0 Å². The molecule has 17 heavy (non-hydrogen) atoms. The van der Waals surface area contributed by atoms with Crippen molar-refractivity contribution in [3.63, 3.8) is 0 Å². The van der Waals surface area contributed by atoms with Crippen LogP contribution in [0.5, 0.6) is 0 Å². The first-order valence-electron chi connectivity index (χ1n) is 7.73. The van der Waals surface area contributed by atoms with Crippen LogP contribution < -0.4 is 0 Å². The third-order valence-electron chi connectivity index (χ3n) is 4.10. The van der Waals surface area contributed by atoms with Crippen LogP contribution in [0.4, 0.5) is 0 Å². The van der Waals surface area contributed by atoms with Crippen LogP contribution in [0.1, 0.15) is 57.8 Å². The van der Waals surface area contributed by atoms with Gasteiger partial charge in [0.1, 0.15) is 0 Å². The number of unbranched alkanes of at least 4 members (excludes halogenated alkanes) is 2. The Labute approximate surface area is 123 Å². The summed E-state index contributed by atoms with van der Waals surface area (Å²) in [6.45, 7) is 0. The second-order valence-electron chi connectivity index (χ2n) is 5.63. The minimum atomic E-state index is -0.483. The molecule has 0 radical (unpaired) electrons. The SMILES string of the molecule is C1CC[Te+](CCCCC[Te+]2CCCCC2)CC1. The standard InChI is InChI=1S/C15H30Te2/c1-4-10-16(11-5-1)14-8-3-9-15-17-12-6-2-7-13-17/h1-15H2/q+2. The van der Waals surface area contributed by atoms with Crippen molar-refractivity contribution in [3.8, 4) is 0 Å². The molecule has 100 valence electrons. The Morgan fingerprint density at radius 3 is 1.29 bits per heavy atom. The number of hydrogen-bond donors (Lipinski definition) is 0. The summed E-state index contributed by atoms with van der Waals surface area (Å²) in [6, 6.07) is 0. The molecule has 0 spiro atoms. The van der Waals surface area contributed by atoms with Gasteiger partial charge in [0.25, 0.3) is 0 Å². The second kappa shape index (κ2) is 9.48. The predicted octanol–water partition coefficient (Wildman–Crippen LogP) is 5.51. The molecule has 2 fully saturated rings. The number of hydrogen-bond acceptors (Lipinski definition) is 0. The third-order valence-corrected chi connectivity index (χ3v) is 18.9. The fourth-order valence-electron chi connectivity index (χ4n) is 2.98. The molecular weight excluding hydrogens is 435 g/mol. The Hall–Kier alpha value is 1.58. The first kappa shape index (κ1) is 15.0. The van der Waals surface area contributed by atoms with Crippen LogP contribution >= 0.6 is 0 Å². The fourth-order valence-corrected chi connectivity index (χ4v) is 17.0. The van der Waals surface area contributed by atoms with Gasteiger partial charge in [0.2, 0.25) is 0 Å². The van der Waals surface area contributed by atoms with E-state index in [9.17, 15) is 0 Å². The zero-order valence-electron chi connectivity index (χ0n) is 11.4. The number of rotatable bonds is 6. The molecule has 0 unspecified atom stereocenters. The normalized spacial score (nSPS) is 24.0. The first-order chi connectivity index (χ1) is 8.45. The molecular formula is C15H30Te2+2. The van der Waals surface area contributed by atoms with E-state index in [1.54, 1.807) is 84.6 Å². The Bertz CT molecular complexity index is 161. The van der Waals surface area contributed by atoms with E-state index in [1.165, 1.54) is 0 Å². The van der Waals surface area contributed by atoms with Gasteiger partial charge in [-0.1, -0.05) is 0 Å². The van der Waals surface area contributed by atoms with Crippen molar-refractivity contribution in [2.75, 3.05) is 0 Å². The monoisotopic (exact) mass is 470 g/mol. The summed E-state index contributed by atoms with van der Waals surface area (Å²) in [5.41, 5.74) is 0. The molecule has 2 aliphatic rings. The van der Waals surface area contributed by atoms with Gasteiger partial charge in [-0.05, 0) is 0 Å². The minimum absolute atomic E-state index is 0.483. The summed E-state index contributed by atoms with van der Waals surface area (Å²) in [4.78, 5) is 0. The molecule has 0 saturated carbocycles. The Balaban J connectivity index is 1.42. The van der Waals surface area contributed by atoms with E-state index in [1.807, 2.05) is 0 Å². The van der Waals surface area contributed by atoms with E-state index < -0.39 is 39.1 Å². The Morgan fingerprint density at radius 1 is 0.471 bits per heavy atom. The van der Waals surface area contributed by atoms with Gasteiger partial charge in [0.15, 0.2) is 0 Å². The zero-order chi connectivity index (χ0) is 11.8. The summed E-state index contributed by atoms with van der Waals surface area (Å²) in [6.07, 6.45) is 14.4. The van der Waals surface area contributed by atoms with Crippen LogP contribution in [0.2, 0.25) is 26.8 Å². The van der Waals surface area contributed by atoms with E-state index in [0.717, 1.165) is 0 Å². The summed E-state index contributed by atoms with van der Waals surface area (Å²) in [5.74, 6) is 0. The quantitative estimate of drug-likeness (QED) is 0.358. The summed E-state index contributed by atoms with van der Waals surface area (Å²) in [5, 5.41) is 0. The molecule has 0 aromatic rings. The van der Waals surface area contributed by atoms with Crippen molar-refractivity contribution >= 4 is 39.1 Å². The van der Waals surface area contributed by atoms with Crippen molar-refractivity contribution in [2.45, 2.75) is 84.6 Å². The van der Waals surface area contributed by atoms with Crippen LogP contribution in [0.3, 0.4) is 0 Å². The van der Waals surface area contributed by atoms with Gasteiger partial charge in [0, 0.05) is 0 Å². The molecule has 2 saturated heterocycles. The topological polar surface area (TPSA) is 0 Å². The third kappa shape index (κ3) is 6.52. The molecule has 0 N–H and O–H groups in total. The molecule has 0 aliphatic carbocycles. The molecule has 2 rings (SSSR count). The van der Waals surface area contributed by atoms with Crippen molar-refractivity contribution in [1.82, 2.24) is 0 Å². The maximum absolute atomic E-state index is 1.74. The van der Waals surface area contributed by atoms with Crippen molar-refractivity contribution < 1.29 is 0 Å². The Kier molecular flexibility index (Phi) is 8.35. The van der Waals surface area contributed by atoms with Gasteiger partial charge in [-0.15, -0.1) is 0 Å². The molecule has 2 heterocycles. The molecule has 2 heteroatoms. The summed E-state index contributed by atoms with van der Waals surface area (Å²) < 4.78 is 10.4. The molecule has 0 amide bonds. The van der Waals surface area contributed by atoms with E-state index in [-0.39, 0.29) is 0 Å². The van der Waals surface area contributed by atoms with Gasteiger partial charge < -0.3 is 0 Å². The second-order valence-corrected chi connectivity index (χ2v) is 19.6. The van der Waals surface area contributed by atoms with Crippen LogP contribution in [0.15, 0.2) is 0 Å². The predicted molar refractivity (Wildman–Crippen MR) is 81.9 cm³/mol. The summed E-state index contributed by atoms with van der Waals surface area (Å²) in [7, 11) is 0. The summed E-state index contributed by atoms with van der Waals surface area (Å²) >= 11 is -0.966. The molecule has 2 aliphatic heterocycles. The fraction of sp³-hybridized carbons (Fsp3) is 1.00. The van der Waals surface area contributed by atoms with Gasteiger partial charge in [-0.3, -0.25) is 0 Å². The van der Waals surface area contributed by atoms with Gasteiger partial charge >= 0.3 is 124 Å². The molecule has 0 aromatic carbocycles. The molecule has 0 bridgehead atoms. The van der Waals surface area contributed by atoms with Crippen molar-refractivity contribution in [2.24, 2.45) is 0 Å². The van der Waals surface area contributed by atoms with Gasteiger partial charge in [-0.25, -0.2) is 0 Å². The first-order valence-corrected chi connectivity index (χ1v) is 17.6. The van der Waals surface area contributed by atoms with Crippen molar-refractivity contribution in [3.05, 3.63) is 0 Å². The van der Waals surface area contributed by atoms with Crippen LogP contribution in [-0.4, -0.2) is 39.1 Å². The van der Waals surface area contributed by atoms with E-state index >= 15 is 0 Å².